The summed E-state index contributed by atoms with van der Waals surface area (Å²) in [7, 11) is 4.23. The maximum atomic E-state index is 3.30. The predicted molar refractivity (Wildman–Crippen MR) is 73.7 cm³/mol. The molecule has 0 aromatic heterocycles. The molecule has 0 spiro atoms. The van der Waals surface area contributed by atoms with Gasteiger partial charge in [-0.2, -0.15) is 0 Å². The van der Waals surface area contributed by atoms with E-state index in [4.69, 9.17) is 0 Å². The smallest absolute Gasteiger partial charge is 0.0541 e. The third kappa shape index (κ3) is 2.99. The summed E-state index contributed by atoms with van der Waals surface area (Å²) in [5.74, 6) is 0. The molecule has 2 rings (SSSR count). The SMILES string of the molecule is CNCC1CN(C)CCN1c1ccc(C)cc1. The van der Waals surface area contributed by atoms with Gasteiger partial charge < -0.3 is 15.1 Å². The van der Waals surface area contributed by atoms with Crippen LogP contribution in [0, 0.1) is 6.92 Å². The first-order valence-corrected chi connectivity index (χ1v) is 6.37. The lowest BCUT2D eigenvalue weighted by molar-refractivity contribution is 0.265. The van der Waals surface area contributed by atoms with E-state index in [-0.39, 0.29) is 0 Å². The number of hydrogen-bond acceptors (Lipinski definition) is 3. The molecule has 1 aromatic rings. The van der Waals surface area contributed by atoms with Gasteiger partial charge in [-0.1, -0.05) is 17.7 Å². The summed E-state index contributed by atoms with van der Waals surface area (Å²) in [4.78, 5) is 4.93. The second-order valence-electron chi connectivity index (χ2n) is 5.00. The van der Waals surface area contributed by atoms with E-state index in [9.17, 15) is 0 Å². The van der Waals surface area contributed by atoms with Crippen LogP contribution in [0.3, 0.4) is 0 Å². The maximum Gasteiger partial charge on any atom is 0.0541 e. The van der Waals surface area contributed by atoms with Crippen molar-refractivity contribution >= 4 is 5.69 Å². The van der Waals surface area contributed by atoms with Crippen LogP contribution in [0.1, 0.15) is 5.56 Å². The van der Waals surface area contributed by atoms with E-state index in [0.29, 0.717) is 6.04 Å². The molecule has 0 aliphatic carbocycles. The third-order valence-corrected chi connectivity index (χ3v) is 3.49. The van der Waals surface area contributed by atoms with Crippen molar-refractivity contribution in [3.63, 3.8) is 0 Å². The van der Waals surface area contributed by atoms with Gasteiger partial charge in [0.25, 0.3) is 0 Å². The molecule has 1 heterocycles. The van der Waals surface area contributed by atoms with Gasteiger partial charge in [0.2, 0.25) is 0 Å². The Morgan fingerprint density at radius 2 is 1.94 bits per heavy atom. The average Bonchev–Trinajstić information content (AvgIpc) is 2.31. The van der Waals surface area contributed by atoms with Crippen molar-refractivity contribution in [1.29, 1.82) is 0 Å². The minimum absolute atomic E-state index is 0.571. The molecule has 94 valence electrons. The zero-order valence-corrected chi connectivity index (χ0v) is 11.1. The Morgan fingerprint density at radius 1 is 1.24 bits per heavy atom. The highest BCUT2D eigenvalue weighted by atomic mass is 15.3. The Morgan fingerprint density at radius 3 is 2.59 bits per heavy atom. The van der Waals surface area contributed by atoms with Crippen LogP contribution in [0.5, 0.6) is 0 Å². The molecule has 1 N–H and O–H groups in total. The summed E-state index contributed by atoms with van der Waals surface area (Å²) in [6.07, 6.45) is 0. The molecule has 0 saturated carbocycles. The second-order valence-corrected chi connectivity index (χ2v) is 5.00. The Labute approximate surface area is 104 Å². The van der Waals surface area contributed by atoms with Crippen LogP contribution < -0.4 is 10.2 Å². The van der Waals surface area contributed by atoms with Crippen LogP contribution in [0.15, 0.2) is 24.3 Å². The molecule has 17 heavy (non-hydrogen) atoms. The minimum Gasteiger partial charge on any atom is -0.365 e. The second kappa shape index (κ2) is 5.52. The Hall–Kier alpha value is -1.06. The highest BCUT2D eigenvalue weighted by molar-refractivity contribution is 5.49. The Balaban J connectivity index is 2.14. The maximum absolute atomic E-state index is 3.30. The highest BCUT2D eigenvalue weighted by Gasteiger charge is 2.24. The van der Waals surface area contributed by atoms with Crippen LogP contribution in [-0.4, -0.2) is 51.2 Å². The fourth-order valence-electron chi connectivity index (χ4n) is 2.50. The van der Waals surface area contributed by atoms with E-state index < -0.39 is 0 Å². The molecule has 1 atom stereocenters. The van der Waals surface area contributed by atoms with E-state index in [2.05, 4.69) is 53.4 Å². The van der Waals surface area contributed by atoms with Crippen molar-refractivity contribution in [2.75, 3.05) is 45.2 Å². The molecular weight excluding hydrogens is 210 g/mol. The van der Waals surface area contributed by atoms with Gasteiger partial charge in [-0.15, -0.1) is 0 Å². The lowest BCUT2D eigenvalue weighted by atomic mass is 10.1. The van der Waals surface area contributed by atoms with Gasteiger partial charge in [0.05, 0.1) is 6.04 Å². The van der Waals surface area contributed by atoms with Gasteiger partial charge in [0, 0.05) is 31.9 Å². The van der Waals surface area contributed by atoms with E-state index in [1.807, 2.05) is 7.05 Å². The molecule has 1 aliphatic rings. The molecule has 1 aromatic carbocycles. The van der Waals surface area contributed by atoms with Crippen LogP contribution in [0.2, 0.25) is 0 Å². The average molecular weight is 233 g/mol. The zero-order valence-electron chi connectivity index (χ0n) is 11.1. The molecular formula is C14H23N3. The highest BCUT2D eigenvalue weighted by Crippen LogP contribution is 2.20. The van der Waals surface area contributed by atoms with Crippen molar-refractivity contribution < 1.29 is 0 Å². The van der Waals surface area contributed by atoms with Crippen LogP contribution in [-0.2, 0) is 0 Å². The third-order valence-electron chi connectivity index (χ3n) is 3.49. The lowest BCUT2D eigenvalue weighted by Gasteiger charge is -2.41. The quantitative estimate of drug-likeness (QED) is 0.850. The minimum atomic E-state index is 0.571. The van der Waals surface area contributed by atoms with Gasteiger partial charge in [-0.3, -0.25) is 0 Å². The summed E-state index contributed by atoms with van der Waals surface area (Å²) in [6, 6.07) is 9.45. The van der Waals surface area contributed by atoms with E-state index >= 15 is 0 Å². The number of benzene rings is 1. The topological polar surface area (TPSA) is 18.5 Å². The number of likely N-dealkylation sites (N-methyl/N-ethyl adjacent to an activating group) is 2. The Kier molecular flexibility index (Phi) is 4.02. The van der Waals surface area contributed by atoms with Crippen molar-refractivity contribution in [1.82, 2.24) is 10.2 Å². The number of nitrogens with one attached hydrogen (secondary N) is 1. The standard InChI is InChI=1S/C14H23N3/c1-12-4-6-13(7-5-12)17-9-8-16(3)11-14(17)10-15-2/h4-7,14-15H,8-11H2,1-3H3. The summed E-state index contributed by atoms with van der Waals surface area (Å²) >= 11 is 0. The molecule has 3 heteroatoms. The number of anilines is 1. The predicted octanol–water partition coefficient (Wildman–Crippen LogP) is 1.33. The number of aryl methyl sites for hydroxylation is 1. The van der Waals surface area contributed by atoms with Gasteiger partial charge in [0.1, 0.15) is 0 Å². The molecule has 0 radical (unpaired) electrons. The first kappa shape index (κ1) is 12.4. The van der Waals surface area contributed by atoms with E-state index in [1.165, 1.54) is 11.3 Å². The Bertz CT molecular complexity index is 347. The van der Waals surface area contributed by atoms with Gasteiger partial charge in [0.15, 0.2) is 0 Å². The van der Waals surface area contributed by atoms with Gasteiger partial charge >= 0.3 is 0 Å². The van der Waals surface area contributed by atoms with Gasteiger partial charge in [-0.05, 0) is 33.2 Å². The number of rotatable bonds is 3. The lowest BCUT2D eigenvalue weighted by Crippen LogP contribution is -2.55. The van der Waals surface area contributed by atoms with Gasteiger partial charge in [-0.25, -0.2) is 0 Å². The fourth-order valence-corrected chi connectivity index (χ4v) is 2.50. The molecule has 0 bridgehead atoms. The molecule has 1 fully saturated rings. The first-order chi connectivity index (χ1) is 8.20. The van der Waals surface area contributed by atoms with E-state index in [0.717, 1.165) is 26.2 Å². The number of nitrogens with zero attached hydrogens (tertiary/aromatic N) is 2. The normalized spacial score (nSPS) is 21.8. The van der Waals surface area contributed by atoms with Crippen molar-refractivity contribution in [3.8, 4) is 0 Å². The molecule has 0 amide bonds. The fraction of sp³-hybridized carbons (Fsp3) is 0.571. The molecule has 1 unspecified atom stereocenters. The zero-order chi connectivity index (χ0) is 12.3. The van der Waals surface area contributed by atoms with Crippen LogP contribution in [0.4, 0.5) is 5.69 Å². The summed E-state index contributed by atoms with van der Waals surface area (Å²) in [5, 5.41) is 3.30. The van der Waals surface area contributed by atoms with Crippen molar-refractivity contribution in [2.24, 2.45) is 0 Å². The summed E-state index contributed by atoms with van der Waals surface area (Å²) < 4.78 is 0. The van der Waals surface area contributed by atoms with E-state index in [1.54, 1.807) is 0 Å². The molecule has 1 aliphatic heterocycles. The first-order valence-electron chi connectivity index (χ1n) is 6.37. The van der Waals surface area contributed by atoms with Crippen LogP contribution in [0.25, 0.3) is 0 Å². The van der Waals surface area contributed by atoms with Crippen LogP contribution >= 0.6 is 0 Å². The molecule has 3 nitrogen and oxygen atoms in total. The summed E-state index contributed by atoms with van der Waals surface area (Å²) in [6.45, 7) is 6.58. The summed E-state index contributed by atoms with van der Waals surface area (Å²) in [5.41, 5.74) is 2.68. The monoisotopic (exact) mass is 233 g/mol. The molecule has 1 saturated heterocycles. The van der Waals surface area contributed by atoms with Crippen molar-refractivity contribution in [3.05, 3.63) is 29.8 Å². The number of hydrogen-bond donors (Lipinski definition) is 1. The number of piperazine rings is 1. The largest absolute Gasteiger partial charge is 0.365 e. The van der Waals surface area contributed by atoms with Crippen molar-refractivity contribution in [2.45, 2.75) is 13.0 Å².